The summed E-state index contributed by atoms with van der Waals surface area (Å²) in [5.74, 6) is 0.0783. The lowest BCUT2D eigenvalue weighted by atomic mass is 10.1. The molecule has 0 bridgehead atoms. The first-order valence-electron chi connectivity index (χ1n) is 8.97. The summed E-state index contributed by atoms with van der Waals surface area (Å²) in [4.78, 5) is 31.7. The van der Waals surface area contributed by atoms with E-state index in [0.717, 1.165) is 0 Å². The first-order valence-corrected chi connectivity index (χ1v) is 8.97. The zero-order valence-electron chi connectivity index (χ0n) is 16.3. The van der Waals surface area contributed by atoms with Gasteiger partial charge in [-0.25, -0.2) is 4.98 Å². The monoisotopic (exact) mass is 381 g/mol. The number of hydrogen-bond acceptors (Lipinski definition) is 5. The summed E-state index contributed by atoms with van der Waals surface area (Å²) in [6, 6.07) is 10.3. The summed E-state index contributed by atoms with van der Waals surface area (Å²) in [5.41, 5.74) is -0.200. The Morgan fingerprint density at radius 3 is 2.68 bits per heavy atom. The number of anilines is 1. The molecule has 2 heterocycles. The predicted molar refractivity (Wildman–Crippen MR) is 108 cm³/mol. The van der Waals surface area contributed by atoms with Gasteiger partial charge in [-0.2, -0.15) is 0 Å². The van der Waals surface area contributed by atoms with Gasteiger partial charge in [0.2, 0.25) is 0 Å². The molecule has 1 N–H and O–H groups in total. The van der Waals surface area contributed by atoms with E-state index in [4.69, 9.17) is 4.74 Å². The third-order valence-corrected chi connectivity index (χ3v) is 4.51. The van der Waals surface area contributed by atoms with Crippen molar-refractivity contribution in [3.63, 3.8) is 0 Å². The molecule has 0 aliphatic rings. The normalized spacial score (nSPS) is 11.0. The van der Waals surface area contributed by atoms with Crippen LogP contribution in [0.5, 0.6) is 11.5 Å². The van der Waals surface area contributed by atoms with Crippen molar-refractivity contribution >= 4 is 22.6 Å². The molecule has 2 aromatic heterocycles. The fraction of sp³-hybridized carbons (Fsp3) is 0.286. The lowest BCUT2D eigenvalue weighted by Gasteiger charge is -2.20. The number of hydrogen-bond donors (Lipinski definition) is 1. The van der Waals surface area contributed by atoms with Crippen LogP contribution in [0.15, 0.2) is 47.4 Å². The maximum atomic E-state index is 13.1. The SMILES string of the molecule is COc1ccnc(N(C)C(=O)c2c(O)c3ccccc3n(CC(C)C)c2=O)c1. The second kappa shape index (κ2) is 7.72. The molecule has 0 radical (unpaired) electrons. The zero-order valence-corrected chi connectivity index (χ0v) is 16.3. The highest BCUT2D eigenvalue weighted by molar-refractivity contribution is 6.09. The number of pyridine rings is 2. The van der Waals surface area contributed by atoms with Crippen LogP contribution in [-0.2, 0) is 6.54 Å². The maximum absolute atomic E-state index is 13.1. The Balaban J connectivity index is 2.19. The lowest BCUT2D eigenvalue weighted by molar-refractivity contribution is 0.0987. The third-order valence-electron chi connectivity index (χ3n) is 4.51. The molecule has 0 saturated carbocycles. The van der Waals surface area contributed by atoms with Crippen molar-refractivity contribution in [1.82, 2.24) is 9.55 Å². The molecule has 3 rings (SSSR count). The van der Waals surface area contributed by atoms with Crippen LogP contribution in [0.2, 0.25) is 0 Å². The van der Waals surface area contributed by atoms with Gasteiger partial charge in [0.15, 0.2) is 0 Å². The minimum Gasteiger partial charge on any atom is -0.506 e. The van der Waals surface area contributed by atoms with Crippen LogP contribution in [0.1, 0.15) is 24.2 Å². The Bertz CT molecular complexity index is 1090. The van der Waals surface area contributed by atoms with Crippen molar-refractivity contribution < 1.29 is 14.6 Å². The van der Waals surface area contributed by atoms with Crippen LogP contribution in [-0.4, -0.2) is 34.7 Å². The topological polar surface area (TPSA) is 84.7 Å². The molecular formula is C21H23N3O4. The molecule has 28 heavy (non-hydrogen) atoms. The smallest absolute Gasteiger partial charge is 0.268 e. The molecule has 146 valence electrons. The lowest BCUT2D eigenvalue weighted by Crippen LogP contribution is -2.35. The average Bonchev–Trinajstić information content (AvgIpc) is 2.70. The van der Waals surface area contributed by atoms with Gasteiger partial charge in [0.1, 0.15) is 22.9 Å². The highest BCUT2D eigenvalue weighted by Crippen LogP contribution is 2.28. The number of fused-ring (bicyclic) bond motifs is 1. The average molecular weight is 381 g/mol. The minimum atomic E-state index is -0.633. The van der Waals surface area contributed by atoms with Gasteiger partial charge in [-0.05, 0) is 24.1 Å². The van der Waals surface area contributed by atoms with E-state index in [1.165, 1.54) is 25.3 Å². The summed E-state index contributed by atoms with van der Waals surface area (Å²) in [7, 11) is 3.02. The highest BCUT2D eigenvalue weighted by atomic mass is 16.5. The molecule has 7 nitrogen and oxygen atoms in total. The number of carbonyl (C=O) groups is 1. The van der Waals surface area contributed by atoms with E-state index in [9.17, 15) is 14.7 Å². The second-order valence-corrected chi connectivity index (χ2v) is 6.97. The van der Waals surface area contributed by atoms with Crippen molar-refractivity contribution in [3.05, 3.63) is 58.5 Å². The molecule has 0 unspecified atom stereocenters. The van der Waals surface area contributed by atoms with Gasteiger partial charge in [0, 0.05) is 31.2 Å². The summed E-state index contributed by atoms with van der Waals surface area (Å²) < 4.78 is 6.71. The van der Waals surface area contributed by atoms with Crippen LogP contribution in [0, 0.1) is 5.92 Å². The Morgan fingerprint density at radius 2 is 2.00 bits per heavy atom. The first-order chi connectivity index (χ1) is 13.3. The molecule has 3 aromatic rings. The van der Waals surface area contributed by atoms with Gasteiger partial charge < -0.3 is 14.4 Å². The zero-order chi connectivity index (χ0) is 20.4. The molecule has 0 saturated heterocycles. The third kappa shape index (κ3) is 3.43. The van der Waals surface area contributed by atoms with E-state index in [0.29, 0.717) is 29.0 Å². The Kier molecular flexibility index (Phi) is 5.35. The number of rotatable bonds is 5. The number of benzene rings is 1. The summed E-state index contributed by atoms with van der Waals surface area (Å²) in [6.45, 7) is 4.41. The number of para-hydroxylation sites is 1. The molecule has 0 atom stereocenters. The van der Waals surface area contributed by atoms with Crippen molar-refractivity contribution in [1.29, 1.82) is 0 Å². The second-order valence-electron chi connectivity index (χ2n) is 6.97. The number of aromatic hydroxyl groups is 1. The highest BCUT2D eigenvalue weighted by Gasteiger charge is 2.26. The first kappa shape index (κ1) is 19.4. The van der Waals surface area contributed by atoms with Gasteiger partial charge >= 0.3 is 0 Å². The van der Waals surface area contributed by atoms with Gasteiger partial charge in [-0.1, -0.05) is 26.0 Å². The van der Waals surface area contributed by atoms with Crippen LogP contribution in [0.4, 0.5) is 5.82 Å². The summed E-state index contributed by atoms with van der Waals surface area (Å²) >= 11 is 0. The molecule has 0 fully saturated rings. The molecule has 1 amide bonds. The van der Waals surface area contributed by atoms with E-state index in [1.807, 2.05) is 13.8 Å². The van der Waals surface area contributed by atoms with Gasteiger partial charge in [0.05, 0.1) is 12.6 Å². The molecule has 7 heteroatoms. The fourth-order valence-electron chi connectivity index (χ4n) is 3.11. The minimum absolute atomic E-state index is 0.186. The van der Waals surface area contributed by atoms with Gasteiger partial charge in [-0.15, -0.1) is 0 Å². The standard InChI is InChI=1S/C21H23N3O4/c1-13(2)12-24-16-8-6-5-7-15(16)19(25)18(21(24)27)20(26)23(3)17-11-14(28-4)9-10-22-17/h5-11,13,25H,12H2,1-4H3. The van der Waals surface area contributed by atoms with E-state index in [1.54, 1.807) is 41.0 Å². The Hall–Kier alpha value is -3.35. The van der Waals surface area contributed by atoms with E-state index >= 15 is 0 Å². The Labute approximate surface area is 162 Å². The predicted octanol–water partition coefficient (Wildman–Crippen LogP) is 3.04. The molecule has 0 spiro atoms. The number of ether oxygens (including phenoxy) is 1. The summed E-state index contributed by atoms with van der Waals surface area (Å²) in [5, 5.41) is 11.2. The van der Waals surface area contributed by atoms with Crippen LogP contribution in [0.25, 0.3) is 10.9 Å². The molecule has 0 aliphatic heterocycles. The van der Waals surface area contributed by atoms with Crippen molar-refractivity contribution in [2.24, 2.45) is 5.92 Å². The van der Waals surface area contributed by atoms with Crippen molar-refractivity contribution in [2.45, 2.75) is 20.4 Å². The number of methoxy groups -OCH3 is 1. The number of carbonyl (C=O) groups excluding carboxylic acids is 1. The molecule has 0 aliphatic carbocycles. The number of aromatic nitrogens is 2. The number of amides is 1. The van der Waals surface area contributed by atoms with Crippen LogP contribution >= 0.6 is 0 Å². The van der Waals surface area contributed by atoms with Crippen molar-refractivity contribution in [3.8, 4) is 11.5 Å². The quantitative estimate of drug-likeness (QED) is 0.734. The van der Waals surface area contributed by atoms with E-state index < -0.39 is 11.5 Å². The van der Waals surface area contributed by atoms with Crippen LogP contribution in [0.3, 0.4) is 0 Å². The maximum Gasteiger partial charge on any atom is 0.268 e. The van der Waals surface area contributed by atoms with Gasteiger partial charge in [-0.3, -0.25) is 14.5 Å². The largest absolute Gasteiger partial charge is 0.506 e. The molecule has 1 aromatic carbocycles. The Morgan fingerprint density at radius 1 is 1.29 bits per heavy atom. The van der Waals surface area contributed by atoms with Gasteiger partial charge in [0.25, 0.3) is 11.5 Å². The van der Waals surface area contributed by atoms with Crippen LogP contribution < -0.4 is 15.2 Å². The number of nitrogens with zero attached hydrogens (tertiary/aromatic N) is 3. The summed E-state index contributed by atoms with van der Waals surface area (Å²) in [6.07, 6.45) is 1.51. The fourth-order valence-corrected chi connectivity index (χ4v) is 3.11. The van der Waals surface area contributed by atoms with E-state index in [2.05, 4.69) is 4.98 Å². The van der Waals surface area contributed by atoms with Crippen molar-refractivity contribution in [2.75, 3.05) is 19.1 Å². The van der Waals surface area contributed by atoms with E-state index in [-0.39, 0.29) is 17.2 Å². The molecular weight excluding hydrogens is 358 g/mol.